The number of amides is 1. The van der Waals surface area contributed by atoms with Crippen LogP contribution in [0, 0.1) is 11.2 Å². The van der Waals surface area contributed by atoms with E-state index in [0.29, 0.717) is 19.1 Å². The molecule has 4 nitrogen and oxygen atoms in total. The molecule has 2 rings (SSSR count). The molecule has 0 aliphatic carbocycles. The van der Waals surface area contributed by atoms with Gasteiger partial charge in [0.2, 0.25) is 5.91 Å². The quantitative estimate of drug-likeness (QED) is 0.887. The zero-order valence-electron chi connectivity index (χ0n) is 14.0. The van der Waals surface area contributed by atoms with Gasteiger partial charge in [0.1, 0.15) is 5.82 Å². The molecule has 0 spiro atoms. The number of nitrogens with zero attached hydrogens (tertiary/aromatic N) is 1. The van der Waals surface area contributed by atoms with Crippen LogP contribution in [0.2, 0.25) is 0 Å². The summed E-state index contributed by atoms with van der Waals surface area (Å²) in [4.78, 5) is 14.2. The molecule has 23 heavy (non-hydrogen) atoms. The van der Waals surface area contributed by atoms with E-state index < -0.39 is 6.04 Å². The van der Waals surface area contributed by atoms with Crippen molar-refractivity contribution in [1.29, 1.82) is 0 Å². The lowest BCUT2D eigenvalue weighted by molar-refractivity contribution is -0.135. The molecule has 130 valence electrons. The summed E-state index contributed by atoms with van der Waals surface area (Å²) in [5.41, 5.74) is 6.75. The van der Waals surface area contributed by atoms with E-state index in [0.717, 1.165) is 18.5 Å². The summed E-state index contributed by atoms with van der Waals surface area (Å²) in [7, 11) is 0. The third-order valence-corrected chi connectivity index (χ3v) is 4.22. The number of likely N-dealkylation sites (tertiary alicyclic amines) is 1. The Morgan fingerprint density at radius 2 is 1.78 bits per heavy atom. The predicted molar refractivity (Wildman–Crippen MR) is 94.3 cm³/mol. The number of carbonyl (C=O) groups excluding carboxylic acids is 1. The van der Waals surface area contributed by atoms with Crippen LogP contribution in [0.4, 0.5) is 10.1 Å². The van der Waals surface area contributed by atoms with Crippen LogP contribution in [0.3, 0.4) is 0 Å². The Morgan fingerprint density at radius 1 is 1.26 bits per heavy atom. The van der Waals surface area contributed by atoms with Gasteiger partial charge in [-0.1, -0.05) is 20.8 Å². The first kappa shape index (κ1) is 19.7. The molecular weight excluding hydrogens is 317 g/mol. The molecule has 1 aromatic rings. The molecule has 6 heteroatoms. The highest BCUT2D eigenvalue weighted by atomic mass is 35.5. The molecule has 0 bridgehead atoms. The highest BCUT2D eigenvalue weighted by Gasteiger charge is 2.32. The maximum Gasteiger partial charge on any atom is 0.240 e. The lowest BCUT2D eigenvalue weighted by Gasteiger charge is -2.37. The molecule has 1 heterocycles. The molecule has 0 radical (unpaired) electrons. The van der Waals surface area contributed by atoms with Crippen LogP contribution in [0.25, 0.3) is 0 Å². The Balaban J connectivity index is 0.00000264. The van der Waals surface area contributed by atoms with Gasteiger partial charge in [0, 0.05) is 24.8 Å². The number of benzene rings is 1. The van der Waals surface area contributed by atoms with Gasteiger partial charge in [-0.2, -0.15) is 0 Å². The predicted octanol–water partition coefficient (Wildman–Crippen LogP) is 3.02. The highest BCUT2D eigenvalue weighted by molar-refractivity contribution is 5.85. The van der Waals surface area contributed by atoms with Crippen LogP contribution >= 0.6 is 12.4 Å². The number of piperidine rings is 1. The summed E-state index contributed by atoms with van der Waals surface area (Å²) in [5.74, 6) is -0.199. The topological polar surface area (TPSA) is 58.4 Å². The van der Waals surface area contributed by atoms with Gasteiger partial charge >= 0.3 is 0 Å². The van der Waals surface area contributed by atoms with Crippen LogP contribution in [-0.2, 0) is 4.79 Å². The van der Waals surface area contributed by atoms with Gasteiger partial charge in [-0.3, -0.25) is 4.79 Å². The van der Waals surface area contributed by atoms with E-state index in [1.165, 1.54) is 12.1 Å². The van der Waals surface area contributed by atoms with Crippen molar-refractivity contribution in [3.8, 4) is 0 Å². The molecular formula is C17H27ClFN3O. The van der Waals surface area contributed by atoms with Crippen molar-refractivity contribution in [2.45, 2.75) is 45.7 Å². The average Bonchev–Trinajstić information content (AvgIpc) is 2.48. The molecule has 1 aromatic carbocycles. The molecule has 0 aromatic heterocycles. The van der Waals surface area contributed by atoms with Crippen LogP contribution in [0.1, 0.15) is 33.6 Å². The summed E-state index contributed by atoms with van der Waals surface area (Å²) < 4.78 is 12.9. The maximum atomic E-state index is 12.9. The second-order valence-corrected chi connectivity index (χ2v) is 7.09. The fraction of sp³-hybridized carbons (Fsp3) is 0.588. The van der Waals surface area contributed by atoms with E-state index >= 15 is 0 Å². The lowest BCUT2D eigenvalue weighted by atomic mass is 9.86. The lowest BCUT2D eigenvalue weighted by Crippen LogP contribution is -2.53. The van der Waals surface area contributed by atoms with Gasteiger partial charge in [-0.25, -0.2) is 4.39 Å². The van der Waals surface area contributed by atoms with Crippen molar-refractivity contribution >= 4 is 24.0 Å². The van der Waals surface area contributed by atoms with E-state index in [2.05, 4.69) is 5.32 Å². The largest absolute Gasteiger partial charge is 0.382 e. The van der Waals surface area contributed by atoms with Crippen LogP contribution in [0.15, 0.2) is 24.3 Å². The fourth-order valence-corrected chi connectivity index (χ4v) is 2.59. The Hall–Kier alpha value is -1.33. The van der Waals surface area contributed by atoms with Crippen LogP contribution < -0.4 is 11.1 Å². The molecule has 1 atom stereocenters. The minimum atomic E-state index is -0.464. The Bertz CT molecular complexity index is 508. The summed E-state index contributed by atoms with van der Waals surface area (Å²) in [6.07, 6.45) is 1.75. The fourth-order valence-electron chi connectivity index (χ4n) is 2.59. The average molecular weight is 344 g/mol. The SMILES string of the molecule is CC(C)(C)[C@H](N)C(=O)N1CCC(Nc2ccc(F)cc2)CC1.Cl. The number of hydrogen-bond acceptors (Lipinski definition) is 3. The summed E-state index contributed by atoms with van der Waals surface area (Å²) >= 11 is 0. The molecule has 1 saturated heterocycles. The van der Waals surface area contributed by atoms with Crippen molar-refractivity contribution in [2.75, 3.05) is 18.4 Å². The molecule has 1 fully saturated rings. The first-order chi connectivity index (χ1) is 10.3. The number of carbonyl (C=O) groups is 1. The minimum Gasteiger partial charge on any atom is -0.382 e. The second kappa shape index (κ2) is 7.97. The monoisotopic (exact) mass is 343 g/mol. The van der Waals surface area contributed by atoms with Gasteiger partial charge in [-0.15, -0.1) is 12.4 Å². The van der Waals surface area contributed by atoms with Crippen LogP contribution in [0.5, 0.6) is 0 Å². The van der Waals surface area contributed by atoms with Gasteiger partial charge in [0.05, 0.1) is 6.04 Å². The molecule has 0 unspecified atom stereocenters. The Labute approximate surface area is 144 Å². The van der Waals surface area contributed by atoms with E-state index in [-0.39, 0.29) is 29.5 Å². The van der Waals surface area contributed by atoms with Gasteiger partial charge < -0.3 is 16.0 Å². The third kappa shape index (κ3) is 5.36. The maximum absolute atomic E-state index is 12.9. The highest BCUT2D eigenvalue weighted by Crippen LogP contribution is 2.22. The number of hydrogen-bond donors (Lipinski definition) is 2. The standard InChI is InChI=1S/C17H26FN3O.ClH/c1-17(2,3)15(19)16(22)21-10-8-14(9-11-21)20-13-6-4-12(18)5-7-13;/h4-7,14-15,20H,8-11,19H2,1-3H3;1H/t15-;/m1./s1. The van der Waals surface area contributed by atoms with Gasteiger partial charge in [-0.05, 0) is 42.5 Å². The second-order valence-electron chi connectivity index (χ2n) is 7.09. The zero-order valence-corrected chi connectivity index (χ0v) is 14.8. The minimum absolute atomic E-state index is 0. The van der Waals surface area contributed by atoms with Crippen molar-refractivity contribution in [3.63, 3.8) is 0 Å². The molecule has 3 N–H and O–H groups in total. The van der Waals surface area contributed by atoms with Gasteiger partial charge in [0.25, 0.3) is 0 Å². The number of nitrogens with two attached hydrogens (primary N) is 1. The summed E-state index contributed by atoms with van der Waals surface area (Å²) in [5, 5.41) is 3.39. The van der Waals surface area contributed by atoms with Gasteiger partial charge in [0.15, 0.2) is 0 Å². The molecule has 1 aliphatic rings. The van der Waals surface area contributed by atoms with Crippen molar-refractivity contribution in [3.05, 3.63) is 30.1 Å². The number of rotatable bonds is 3. The summed E-state index contributed by atoms with van der Waals surface area (Å²) in [6.45, 7) is 7.37. The smallest absolute Gasteiger partial charge is 0.240 e. The van der Waals surface area contributed by atoms with E-state index in [4.69, 9.17) is 5.73 Å². The molecule has 1 aliphatic heterocycles. The number of anilines is 1. The van der Waals surface area contributed by atoms with E-state index in [9.17, 15) is 9.18 Å². The third-order valence-electron chi connectivity index (χ3n) is 4.22. The Morgan fingerprint density at radius 3 is 2.26 bits per heavy atom. The summed E-state index contributed by atoms with van der Waals surface area (Å²) in [6, 6.07) is 6.21. The molecule has 0 saturated carbocycles. The van der Waals surface area contributed by atoms with E-state index in [1.807, 2.05) is 25.7 Å². The Kier molecular flexibility index (Phi) is 6.84. The normalized spacial score (nSPS) is 17.3. The van der Waals surface area contributed by atoms with Crippen molar-refractivity contribution in [1.82, 2.24) is 4.90 Å². The van der Waals surface area contributed by atoms with Crippen molar-refractivity contribution < 1.29 is 9.18 Å². The first-order valence-electron chi connectivity index (χ1n) is 7.84. The van der Waals surface area contributed by atoms with Crippen LogP contribution in [-0.4, -0.2) is 36.0 Å². The number of halogens is 2. The van der Waals surface area contributed by atoms with E-state index in [1.54, 1.807) is 12.1 Å². The zero-order chi connectivity index (χ0) is 16.3. The molecule has 1 amide bonds. The first-order valence-corrected chi connectivity index (χ1v) is 7.84. The van der Waals surface area contributed by atoms with Crippen molar-refractivity contribution in [2.24, 2.45) is 11.1 Å². The number of nitrogens with one attached hydrogen (secondary N) is 1.